The van der Waals surface area contributed by atoms with Gasteiger partial charge in [-0.15, -0.1) is 0 Å². The average Bonchev–Trinajstić information content (AvgIpc) is 2.67. The fourth-order valence-electron chi connectivity index (χ4n) is 4.14. The molecule has 1 aromatic carbocycles. The van der Waals surface area contributed by atoms with E-state index in [1.807, 2.05) is 7.05 Å². The summed E-state index contributed by atoms with van der Waals surface area (Å²) in [6, 6.07) is 5.58. The first-order chi connectivity index (χ1) is 13.2. The normalized spacial score (nSPS) is 20.4. The molecule has 0 aromatic heterocycles. The third-order valence-corrected chi connectivity index (χ3v) is 6.42. The SMILES string of the molecule is CCCN(C)CCCC1CCC(N(C)C(=S)c2ccc(C(F)(F)F)cc2)CC1. The summed E-state index contributed by atoms with van der Waals surface area (Å²) < 4.78 is 38.2. The number of hydrogen-bond donors (Lipinski definition) is 0. The molecule has 158 valence electrons. The van der Waals surface area contributed by atoms with Crippen molar-refractivity contribution in [2.24, 2.45) is 5.92 Å². The molecule has 0 bridgehead atoms. The molecule has 1 aliphatic carbocycles. The maximum absolute atomic E-state index is 12.7. The Morgan fingerprint density at radius 2 is 1.64 bits per heavy atom. The second-order valence-electron chi connectivity index (χ2n) is 8.11. The van der Waals surface area contributed by atoms with Crippen LogP contribution in [-0.4, -0.2) is 48.0 Å². The van der Waals surface area contributed by atoms with Crippen molar-refractivity contribution in [3.63, 3.8) is 0 Å². The molecule has 2 rings (SSSR count). The number of rotatable bonds is 8. The lowest BCUT2D eigenvalue weighted by molar-refractivity contribution is -0.137. The number of benzene rings is 1. The van der Waals surface area contributed by atoms with Crippen LogP contribution in [0.5, 0.6) is 0 Å². The van der Waals surface area contributed by atoms with E-state index >= 15 is 0 Å². The van der Waals surface area contributed by atoms with Gasteiger partial charge in [0, 0.05) is 18.7 Å². The molecular weight excluding hydrogens is 381 g/mol. The van der Waals surface area contributed by atoms with Gasteiger partial charge in [-0.1, -0.05) is 31.3 Å². The van der Waals surface area contributed by atoms with Crippen LogP contribution >= 0.6 is 12.2 Å². The molecule has 1 aliphatic rings. The van der Waals surface area contributed by atoms with Gasteiger partial charge in [-0.25, -0.2) is 0 Å². The summed E-state index contributed by atoms with van der Waals surface area (Å²) in [5.41, 5.74) is 0.0541. The van der Waals surface area contributed by atoms with Gasteiger partial charge in [-0.2, -0.15) is 13.2 Å². The second kappa shape index (κ2) is 10.6. The lowest BCUT2D eigenvalue weighted by Crippen LogP contribution is -2.39. The lowest BCUT2D eigenvalue weighted by atomic mass is 9.83. The fraction of sp³-hybridized carbons (Fsp3) is 0.682. The lowest BCUT2D eigenvalue weighted by Gasteiger charge is -2.36. The van der Waals surface area contributed by atoms with Gasteiger partial charge >= 0.3 is 6.18 Å². The van der Waals surface area contributed by atoms with Gasteiger partial charge in [-0.05, 0) is 83.1 Å². The van der Waals surface area contributed by atoms with Crippen LogP contribution in [-0.2, 0) is 6.18 Å². The predicted octanol–water partition coefficient (Wildman–Crippen LogP) is 5.99. The molecule has 0 saturated heterocycles. The van der Waals surface area contributed by atoms with Crippen LogP contribution in [0.1, 0.15) is 63.0 Å². The first-order valence-corrected chi connectivity index (χ1v) is 10.8. The highest BCUT2D eigenvalue weighted by atomic mass is 32.1. The minimum atomic E-state index is -4.31. The third-order valence-electron chi connectivity index (χ3n) is 5.90. The number of thiocarbonyl (C=S) groups is 1. The molecule has 0 aliphatic heterocycles. The Balaban J connectivity index is 1.79. The summed E-state index contributed by atoms with van der Waals surface area (Å²) in [5, 5.41) is 0. The molecule has 0 radical (unpaired) electrons. The zero-order chi connectivity index (χ0) is 20.7. The molecule has 2 nitrogen and oxygen atoms in total. The standard InChI is InChI=1S/C22H33F3N2S/c1-4-15-26(2)16-5-6-17-7-13-20(14-8-17)27(3)21(28)18-9-11-19(12-10-18)22(23,24)25/h9-12,17,20H,4-8,13-16H2,1-3H3. The molecule has 0 heterocycles. The minimum Gasteiger partial charge on any atom is -0.362 e. The van der Waals surface area contributed by atoms with Crippen molar-refractivity contribution in [1.29, 1.82) is 0 Å². The summed E-state index contributed by atoms with van der Waals surface area (Å²) in [5.74, 6) is 0.791. The highest BCUT2D eigenvalue weighted by molar-refractivity contribution is 7.80. The molecule has 28 heavy (non-hydrogen) atoms. The molecule has 1 saturated carbocycles. The topological polar surface area (TPSA) is 6.48 Å². The van der Waals surface area contributed by atoms with Crippen LogP contribution in [0.4, 0.5) is 13.2 Å². The third kappa shape index (κ3) is 6.73. The molecule has 0 spiro atoms. The zero-order valence-corrected chi connectivity index (χ0v) is 18.1. The monoisotopic (exact) mass is 414 g/mol. The van der Waals surface area contributed by atoms with Crippen molar-refractivity contribution in [3.8, 4) is 0 Å². The second-order valence-corrected chi connectivity index (χ2v) is 8.50. The van der Waals surface area contributed by atoms with Crippen LogP contribution in [0.25, 0.3) is 0 Å². The van der Waals surface area contributed by atoms with Gasteiger partial charge in [0.1, 0.15) is 4.99 Å². The van der Waals surface area contributed by atoms with Crippen molar-refractivity contribution in [1.82, 2.24) is 9.80 Å². The van der Waals surface area contributed by atoms with Gasteiger partial charge in [-0.3, -0.25) is 0 Å². The Labute approximate surface area is 173 Å². The molecule has 0 amide bonds. The summed E-state index contributed by atoms with van der Waals surface area (Å²) in [6.07, 6.45) is 4.06. The Bertz CT molecular complexity index is 607. The number of halogens is 3. The van der Waals surface area contributed by atoms with Crippen LogP contribution in [0, 0.1) is 5.92 Å². The van der Waals surface area contributed by atoms with E-state index in [1.54, 1.807) is 0 Å². The summed E-state index contributed by atoms with van der Waals surface area (Å²) in [7, 11) is 4.17. The van der Waals surface area contributed by atoms with Crippen LogP contribution in [0.3, 0.4) is 0 Å². The minimum absolute atomic E-state index is 0.383. The fourth-order valence-corrected chi connectivity index (χ4v) is 4.42. The summed E-state index contributed by atoms with van der Waals surface area (Å²) >= 11 is 5.55. The number of hydrogen-bond acceptors (Lipinski definition) is 2. The quantitative estimate of drug-likeness (QED) is 0.482. The number of nitrogens with zero attached hydrogens (tertiary/aromatic N) is 2. The highest BCUT2D eigenvalue weighted by Gasteiger charge is 2.30. The van der Waals surface area contributed by atoms with E-state index in [2.05, 4.69) is 23.8 Å². The maximum atomic E-state index is 12.7. The number of alkyl halides is 3. The van der Waals surface area contributed by atoms with E-state index in [-0.39, 0.29) is 0 Å². The van der Waals surface area contributed by atoms with Crippen molar-refractivity contribution in [2.45, 2.75) is 64.1 Å². The molecule has 1 fully saturated rings. The Morgan fingerprint density at radius 3 is 2.18 bits per heavy atom. The first kappa shape index (κ1) is 23.1. The first-order valence-electron chi connectivity index (χ1n) is 10.3. The van der Waals surface area contributed by atoms with E-state index in [1.165, 1.54) is 57.3 Å². The summed E-state index contributed by atoms with van der Waals surface area (Å²) in [4.78, 5) is 5.13. The van der Waals surface area contributed by atoms with Crippen molar-refractivity contribution >= 4 is 17.2 Å². The Kier molecular flexibility index (Phi) is 8.75. The van der Waals surface area contributed by atoms with Crippen molar-refractivity contribution in [3.05, 3.63) is 35.4 Å². The van der Waals surface area contributed by atoms with Gasteiger partial charge in [0.2, 0.25) is 0 Å². The largest absolute Gasteiger partial charge is 0.416 e. The molecule has 0 N–H and O–H groups in total. The Morgan fingerprint density at radius 1 is 1.04 bits per heavy atom. The van der Waals surface area contributed by atoms with Crippen molar-refractivity contribution < 1.29 is 13.2 Å². The van der Waals surface area contributed by atoms with E-state index in [4.69, 9.17) is 12.2 Å². The molecule has 0 unspecified atom stereocenters. The predicted molar refractivity (Wildman–Crippen MR) is 114 cm³/mol. The summed E-state index contributed by atoms with van der Waals surface area (Å²) in [6.45, 7) is 4.55. The smallest absolute Gasteiger partial charge is 0.362 e. The van der Waals surface area contributed by atoms with Gasteiger partial charge < -0.3 is 9.80 Å². The average molecular weight is 415 g/mol. The van der Waals surface area contributed by atoms with Crippen LogP contribution in [0.2, 0.25) is 0 Å². The van der Waals surface area contributed by atoms with Gasteiger partial charge in [0.05, 0.1) is 5.56 Å². The van der Waals surface area contributed by atoms with E-state index in [0.717, 1.165) is 30.9 Å². The van der Waals surface area contributed by atoms with Gasteiger partial charge in [0.25, 0.3) is 0 Å². The van der Waals surface area contributed by atoms with E-state index in [9.17, 15) is 13.2 Å². The van der Waals surface area contributed by atoms with Crippen LogP contribution < -0.4 is 0 Å². The van der Waals surface area contributed by atoms with Crippen LogP contribution in [0.15, 0.2) is 24.3 Å². The zero-order valence-electron chi connectivity index (χ0n) is 17.3. The molecule has 6 heteroatoms. The molecular formula is C22H33F3N2S. The molecule has 0 atom stereocenters. The van der Waals surface area contributed by atoms with Gasteiger partial charge in [0.15, 0.2) is 0 Å². The Hall–Kier alpha value is -1.14. The van der Waals surface area contributed by atoms with Crippen molar-refractivity contribution in [2.75, 3.05) is 27.2 Å². The van der Waals surface area contributed by atoms with E-state index < -0.39 is 11.7 Å². The highest BCUT2D eigenvalue weighted by Crippen LogP contribution is 2.32. The molecule has 1 aromatic rings. The van der Waals surface area contributed by atoms with E-state index in [0.29, 0.717) is 16.6 Å². The maximum Gasteiger partial charge on any atom is 0.416 e.